The van der Waals surface area contributed by atoms with Gasteiger partial charge in [0.1, 0.15) is 0 Å². The van der Waals surface area contributed by atoms with Crippen LogP contribution in [-0.4, -0.2) is 31.4 Å². The molecule has 3 N–H and O–H groups in total. The molecule has 0 unspecified atom stereocenters. The third-order valence-electron chi connectivity index (χ3n) is 3.23. The lowest BCUT2D eigenvalue weighted by Crippen LogP contribution is -2.13. The standard InChI is InChI=1S/C15H23NO4/c1-4-20-10(2)13-6-5-11(7-14(13)16)12(9-19-3)8-15(17)18/h5-7,10,12H,4,8-9,16H2,1-3H3,(H,17,18)/t10-,12+/m1/s1. The average Bonchev–Trinajstić information content (AvgIpc) is 2.37. The number of hydrogen-bond donors (Lipinski definition) is 2. The van der Waals surface area contributed by atoms with Crippen LogP contribution in [0.4, 0.5) is 5.69 Å². The molecule has 0 heterocycles. The van der Waals surface area contributed by atoms with E-state index < -0.39 is 5.97 Å². The van der Waals surface area contributed by atoms with Gasteiger partial charge in [0.05, 0.1) is 19.1 Å². The Morgan fingerprint density at radius 3 is 2.65 bits per heavy atom. The largest absolute Gasteiger partial charge is 0.481 e. The highest BCUT2D eigenvalue weighted by Gasteiger charge is 2.18. The first-order valence-corrected chi connectivity index (χ1v) is 6.71. The number of benzene rings is 1. The van der Waals surface area contributed by atoms with Crippen molar-refractivity contribution in [2.45, 2.75) is 32.3 Å². The molecule has 1 aromatic carbocycles. The van der Waals surface area contributed by atoms with E-state index >= 15 is 0 Å². The highest BCUT2D eigenvalue weighted by Crippen LogP contribution is 2.28. The van der Waals surface area contributed by atoms with Crippen LogP contribution in [0.1, 0.15) is 43.4 Å². The van der Waals surface area contributed by atoms with Gasteiger partial charge in [-0.15, -0.1) is 0 Å². The molecule has 20 heavy (non-hydrogen) atoms. The van der Waals surface area contributed by atoms with Gasteiger partial charge in [-0.05, 0) is 25.5 Å². The maximum Gasteiger partial charge on any atom is 0.304 e. The Labute approximate surface area is 119 Å². The van der Waals surface area contributed by atoms with Crippen molar-refractivity contribution in [3.63, 3.8) is 0 Å². The van der Waals surface area contributed by atoms with Crippen molar-refractivity contribution in [1.82, 2.24) is 0 Å². The lowest BCUT2D eigenvalue weighted by molar-refractivity contribution is -0.137. The summed E-state index contributed by atoms with van der Waals surface area (Å²) >= 11 is 0. The van der Waals surface area contributed by atoms with E-state index in [4.69, 9.17) is 20.3 Å². The van der Waals surface area contributed by atoms with Crippen molar-refractivity contribution in [3.05, 3.63) is 29.3 Å². The van der Waals surface area contributed by atoms with E-state index in [-0.39, 0.29) is 18.4 Å². The summed E-state index contributed by atoms with van der Waals surface area (Å²) in [6.45, 7) is 4.85. The van der Waals surface area contributed by atoms with E-state index in [2.05, 4.69) is 0 Å². The monoisotopic (exact) mass is 281 g/mol. The number of carbonyl (C=O) groups is 1. The first-order valence-electron chi connectivity index (χ1n) is 6.71. The number of nitrogen functional groups attached to an aromatic ring is 1. The summed E-state index contributed by atoms with van der Waals surface area (Å²) in [4.78, 5) is 10.9. The fraction of sp³-hybridized carbons (Fsp3) is 0.533. The van der Waals surface area contributed by atoms with E-state index in [1.54, 1.807) is 7.11 Å². The number of methoxy groups -OCH3 is 1. The summed E-state index contributed by atoms with van der Waals surface area (Å²) in [5.41, 5.74) is 8.46. The number of rotatable bonds is 8. The maximum atomic E-state index is 10.9. The van der Waals surface area contributed by atoms with Crippen LogP contribution >= 0.6 is 0 Å². The summed E-state index contributed by atoms with van der Waals surface area (Å²) in [6, 6.07) is 5.61. The molecule has 0 saturated heterocycles. The Bertz CT molecular complexity index is 447. The highest BCUT2D eigenvalue weighted by atomic mass is 16.5. The predicted molar refractivity (Wildman–Crippen MR) is 77.8 cm³/mol. The second kappa shape index (κ2) is 7.87. The molecule has 2 atom stereocenters. The van der Waals surface area contributed by atoms with Crippen LogP contribution in [0.3, 0.4) is 0 Å². The normalized spacial score (nSPS) is 13.9. The van der Waals surface area contributed by atoms with Crippen LogP contribution in [0, 0.1) is 0 Å². The number of carboxylic acid groups (broad SMARTS) is 1. The third-order valence-corrected chi connectivity index (χ3v) is 3.23. The summed E-state index contributed by atoms with van der Waals surface area (Å²) in [6.07, 6.45) is -0.0532. The first kappa shape index (κ1) is 16.5. The molecular formula is C15H23NO4. The van der Waals surface area contributed by atoms with Crippen LogP contribution in [0.25, 0.3) is 0 Å². The zero-order chi connectivity index (χ0) is 15.1. The van der Waals surface area contributed by atoms with Gasteiger partial charge >= 0.3 is 5.97 Å². The predicted octanol–water partition coefficient (Wildman–Crippen LogP) is 2.57. The van der Waals surface area contributed by atoms with Gasteiger partial charge in [0, 0.05) is 30.9 Å². The number of nitrogens with two attached hydrogens (primary N) is 1. The van der Waals surface area contributed by atoms with E-state index in [0.717, 1.165) is 11.1 Å². The van der Waals surface area contributed by atoms with Gasteiger partial charge in [-0.25, -0.2) is 0 Å². The van der Waals surface area contributed by atoms with E-state index in [0.29, 0.717) is 18.9 Å². The second-order valence-electron chi connectivity index (χ2n) is 4.74. The molecule has 0 aliphatic rings. The summed E-state index contributed by atoms with van der Waals surface area (Å²) < 4.78 is 10.6. The number of anilines is 1. The van der Waals surface area contributed by atoms with Crippen molar-refractivity contribution in [1.29, 1.82) is 0 Å². The Morgan fingerprint density at radius 1 is 1.45 bits per heavy atom. The first-order chi connectivity index (χ1) is 9.49. The number of carboxylic acids is 1. The molecule has 0 fully saturated rings. The van der Waals surface area contributed by atoms with Crippen LogP contribution < -0.4 is 5.73 Å². The van der Waals surface area contributed by atoms with E-state index in [9.17, 15) is 4.79 Å². The van der Waals surface area contributed by atoms with E-state index in [1.807, 2.05) is 32.0 Å². The van der Waals surface area contributed by atoms with Gasteiger partial charge < -0.3 is 20.3 Å². The molecular weight excluding hydrogens is 258 g/mol. The smallest absolute Gasteiger partial charge is 0.304 e. The van der Waals surface area contributed by atoms with Crippen molar-refractivity contribution in [2.24, 2.45) is 0 Å². The molecule has 0 spiro atoms. The zero-order valence-electron chi connectivity index (χ0n) is 12.3. The Balaban J connectivity index is 2.96. The highest BCUT2D eigenvalue weighted by molar-refractivity contribution is 5.68. The van der Waals surface area contributed by atoms with Gasteiger partial charge in [-0.2, -0.15) is 0 Å². The molecule has 5 heteroatoms. The third kappa shape index (κ3) is 4.51. The molecule has 112 valence electrons. The topological polar surface area (TPSA) is 81.8 Å². The molecule has 0 bridgehead atoms. The minimum absolute atomic E-state index is 0.0215. The second-order valence-corrected chi connectivity index (χ2v) is 4.74. The fourth-order valence-corrected chi connectivity index (χ4v) is 2.24. The van der Waals surface area contributed by atoms with Crippen molar-refractivity contribution in [2.75, 3.05) is 26.1 Å². The van der Waals surface area contributed by atoms with Gasteiger partial charge in [-0.3, -0.25) is 4.79 Å². The Morgan fingerprint density at radius 2 is 2.15 bits per heavy atom. The number of ether oxygens (including phenoxy) is 2. The summed E-state index contributed by atoms with van der Waals surface area (Å²) in [5.74, 6) is -1.05. The van der Waals surface area contributed by atoms with Gasteiger partial charge in [0.15, 0.2) is 0 Å². The fourth-order valence-electron chi connectivity index (χ4n) is 2.24. The molecule has 1 rings (SSSR count). The molecule has 1 aromatic rings. The molecule has 0 amide bonds. The zero-order valence-corrected chi connectivity index (χ0v) is 12.3. The van der Waals surface area contributed by atoms with Crippen molar-refractivity contribution < 1.29 is 19.4 Å². The molecule has 5 nitrogen and oxygen atoms in total. The van der Waals surface area contributed by atoms with Gasteiger partial charge in [0.25, 0.3) is 0 Å². The minimum Gasteiger partial charge on any atom is -0.481 e. The Kier molecular flexibility index (Phi) is 6.48. The molecule has 0 saturated carbocycles. The van der Waals surface area contributed by atoms with Crippen LogP contribution in [0.2, 0.25) is 0 Å². The summed E-state index contributed by atoms with van der Waals surface area (Å²) in [7, 11) is 1.56. The van der Waals surface area contributed by atoms with Gasteiger partial charge in [0.2, 0.25) is 0 Å². The number of hydrogen-bond acceptors (Lipinski definition) is 4. The summed E-state index contributed by atoms with van der Waals surface area (Å²) in [5, 5.41) is 8.95. The van der Waals surface area contributed by atoms with E-state index in [1.165, 1.54) is 0 Å². The molecule has 0 radical (unpaired) electrons. The minimum atomic E-state index is -0.850. The maximum absolute atomic E-state index is 10.9. The quantitative estimate of drug-likeness (QED) is 0.716. The molecule has 0 aromatic heterocycles. The van der Waals surface area contributed by atoms with Gasteiger partial charge in [-0.1, -0.05) is 12.1 Å². The van der Waals surface area contributed by atoms with Crippen LogP contribution in [0.15, 0.2) is 18.2 Å². The van der Waals surface area contributed by atoms with Crippen LogP contribution in [-0.2, 0) is 14.3 Å². The van der Waals surface area contributed by atoms with Crippen molar-refractivity contribution >= 4 is 11.7 Å². The van der Waals surface area contributed by atoms with Crippen molar-refractivity contribution in [3.8, 4) is 0 Å². The number of aliphatic carboxylic acids is 1. The Hall–Kier alpha value is -1.59. The SMILES string of the molecule is CCO[C@H](C)c1ccc([C@H](COC)CC(=O)O)cc1N. The molecule has 0 aliphatic carbocycles. The lowest BCUT2D eigenvalue weighted by atomic mass is 9.94. The van der Waals surface area contributed by atoms with Crippen LogP contribution in [0.5, 0.6) is 0 Å². The average molecular weight is 281 g/mol. The molecule has 0 aliphatic heterocycles. The lowest BCUT2D eigenvalue weighted by Gasteiger charge is -2.19.